The summed E-state index contributed by atoms with van der Waals surface area (Å²) in [6, 6.07) is 5.00. The summed E-state index contributed by atoms with van der Waals surface area (Å²) in [5.41, 5.74) is 0. The number of hydrogen-bond acceptors (Lipinski definition) is 3. The van der Waals surface area contributed by atoms with Crippen LogP contribution in [0, 0.1) is 5.92 Å². The van der Waals surface area contributed by atoms with Crippen molar-refractivity contribution < 1.29 is 4.42 Å². The van der Waals surface area contributed by atoms with E-state index in [0.29, 0.717) is 12.0 Å². The average Bonchev–Trinajstić information content (AvgIpc) is 2.78. The zero-order valence-corrected chi connectivity index (χ0v) is 11.5. The van der Waals surface area contributed by atoms with Crippen LogP contribution in [0.2, 0.25) is 0 Å². The van der Waals surface area contributed by atoms with E-state index in [1.807, 2.05) is 0 Å². The van der Waals surface area contributed by atoms with E-state index in [2.05, 4.69) is 36.3 Å². The summed E-state index contributed by atoms with van der Waals surface area (Å²) in [5.74, 6) is 3.83. The van der Waals surface area contributed by atoms with Gasteiger partial charge < -0.3 is 9.73 Å². The van der Waals surface area contributed by atoms with Crippen molar-refractivity contribution in [1.29, 1.82) is 0 Å². The fraction of sp³-hybridized carbons (Fsp3) is 0.733. The van der Waals surface area contributed by atoms with Crippen LogP contribution in [-0.4, -0.2) is 31.1 Å². The molecule has 2 aliphatic rings. The van der Waals surface area contributed by atoms with E-state index in [-0.39, 0.29) is 0 Å². The van der Waals surface area contributed by atoms with Gasteiger partial charge in [0.25, 0.3) is 0 Å². The maximum absolute atomic E-state index is 5.95. The third-order valence-corrected chi connectivity index (χ3v) is 4.28. The smallest absolute Gasteiger partial charge is 0.118 e. The van der Waals surface area contributed by atoms with Crippen LogP contribution < -0.4 is 5.32 Å². The lowest BCUT2D eigenvalue weighted by atomic mass is 10.2. The van der Waals surface area contributed by atoms with Gasteiger partial charge in [0.15, 0.2) is 0 Å². The minimum absolute atomic E-state index is 0.674. The van der Waals surface area contributed by atoms with Crippen LogP contribution in [0.15, 0.2) is 16.5 Å². The first-order valence-corrected chi connectivity index (χ1v) is 7.23. The summed E-state index contributed by atoms with van der Waals surface area (Å²) in [4.78, 5) is 2.36. The molecule has 3 rings (SSSR count). The second kappa shape index (κ2) is 5.06. The van der Waals surface area contributed by atoms with Gasteiger partial charge in [0.2, 0.25) is 0 Å². The Hall–Kier alpha value is -0.800. The lowest BCUT2D eigenvalue weighted by Gasteiger charge is -2.19. The van der Waals surface area contributed by atoms with E-state index in [1.165, 1.54) is 31.6 Å². The van der Waals surface area contributed by atoms with Crippen molar-refractivity contribution in [2.24, 2.45) is 5.92 Å². The molecule has 0 bridgehead atoms. The predicted octanol–water partition coefficient (Wildman–Crippen LogP) is 2.59. The fourth-order valence-corrected chi connectivity index (χ4v) is 3.02. The molecular formula is C15H24N2O. The Balaban J connectivity index is 1.50. The molecular weight excluding hydrogens is 224 g/mol. The Morgan fingerprint density at radius 2 is 2.28 bits per heavy atom. The summed E-state index contributed by atoms with van der Waals surface area (Å²) >= 11 is 0. The normalized spacial score (nSPS) is 31.2. The maximum atomic E-state index is 5.95. The molecule has 18 heavy (non-hydrogen) atoms. The summed E-state index contributed by atoms with van der Waals surface area (Å²) in [6.07, 6.45) is 3.94. The quantitative estimate of drug-likeness (QED) is 0.868. The highest BCUT2D eigenvalue weighted by molar-refractivity contribution is 5.17. The molecule has 1 aromatic heterocycles. The van der Waals surface area contributed by atoms with E-state index in [4.69, 9.17) is 4.42 Å². The average molecular weight is 248 g/mol. The Labute approximate surface area is 110 Å². The molecule has 0 radical (unpaired) electrons. The van der Waals surface area contributed by atoms with Crippen molar-refractivity contribution in [3.8, 4) is 0 Å². The van der Waals surface area contributed by atoms with Crippen molar-refractivity contribution in [3.05, 3.63) is 23.7 Å². The number of furan rings is 1. The predicted molar refractivity (Wildman–Crippen MR) is 72.6 cm³/mol. The monoisotopic (exact) mass is 248 g/mol. The van der Waals surface area contributed by atoms with Crippen LogP contribution in [0.1, 0.15) is 43.6 Å². The number of likely N-dealkylation sites (N-methyl/N-ethyl adjacent to an activating group) is 1. The molecule has 1 saturated carbocycles. The van der Waals surface area contributed by atoms with Gasteiger partial charge in [-0.05, 0) is 50.9 Å². The van der Waals surface area contributed by atoms with E-state index in [1.54, 1.807) is 0 Å². The first-order chi connectivity index (χ1) is 8.72. The van der Waals surface area contributed by atoms with Crippen molar-refractivity contribution in [1.82, 2.24) is 10.2 Å². The summed E-state index contributed by atoms with van der Waals surface area (Å²) in [5, 5.41) is 3.54. The second-order valence-electron chi connectivity index (χ2n) is 6.11. The third-order valence-electron chi connectivity index (χ3n) is 4.28. The SMILES string of the molecule is CC1CC1c1ccc(CN(C)CC2CCCN2)o1. The van der Waals surface area contributed by atoms with E-state index >= 15 is 0 Å². The van der Waals surface area contributed by atoms with Crippen LogP contribution in [0.3, 0.4) is 0 Å². The van der Waals surface area contributed by atoms with Crippen LogP contribution in [0.4, 0.5) is 0 Å². The highest BCUT2D eigenvalue weighted by Crippen LogP contribution is 2.47. The van der Waals surface area contributed by atoms with Gasteiger partial charge in [0, 0.05) is 18.5 Å². The van der Waals surface area contributed by atoms with Crippen molar-refractivity contribution >= 4 is 0 Å². The minimum atomic E-state index is 0.674. The number of rotatable bonds is 5. The molecule has 1 aliphatic heterocycles. The van der Waals surface area contributed by atoms with Gasteiger partial charge in [-0.3, -0.25) is 4.90 Å². The Bertz CT molecular complexity index is 395. The summed E-state index contributed by atoms with van der Waals surface area (Å²) < 4.78 is 5.95. The van der Waals surface area contributed by atoms with Gasteiger partial charge in [-0.25, -0.2) is 0 Å². The molecule has 2 heterocycles. The first kappa shape index (κ1) is 12.2. The fourth-order valence-electron chi connectivity index (χ4n) is 3.02. The van der Waals surface area contributed by atoms with Gasteiger partial charge in [0.05, 0.1) is 6.54 Å². The van der Waals surface area contributed by atoms with Crippen molar-refractivity contribution in [3.63, 3.8) is 0 Å². The topological polar surface area (TPSA) is 28.4 Å². The Morgan fingerprint density at radius 3 is 2.94 bits per heavy atom. The molecule has 1 saturated heterocycles. The van der Waals surface area contributed by atoms with E-state index < -0.39 is 0 Å². The molecule has 100 valence electrons. The van der Waals surface area contributed by atoms with Crippen LogP contribution in [-0.2, 0) is 6.54 Å². The molecule has 3 unspecified atom stereocenters. The highest BCUT2D eigenvalue weighted by atomic mass is 16.3. The Morgan fingerprint density at radius 1 is 1.44 bits per heavy atom. The standard InChI is InChI=1S/C15H24N2O/c1-11-8-14(11)15-6-5-13(18-15)10-17(2)9-12-4-3-7-16-12/h5-6,11-12,14,16H,3-4,7-10H2,1-2H3. The largest absolute Gasteiger partial charge is 0.464 e. The molecule has 0 amide bonds. The third kappa shape index (κ3) is 2.78. The van der Waals surface area contributed by atoms with E-state index in [9.17, 15) is 0 Å². The zero-order chi connectivity index (χ0) is 12.5. The summed E-state index contributed by atoms with van der Waals surface area (Å²) in [7, 11) is 2.18. The highest BCUT2D eigenvalue weighted by Gasteiger charge is 2.36. The van der Waals surface area contributed by atoms with E-state index in [0.717, 1.165) is 24.8 Å². The molecule has 3 atom stereocenters. The Kier molecular flexibility index (Phi) is 3.44. The molecule has 2 fully saturated rings. The molecule has 1 N–H and O–H groups in total. The molecule has 3 heteroatoms. The lowest BCUT2D eigenvalue weighted by molar-refractivity contribution is 0.266. The van der Waals surface area contributed by atoms with Crippen molar-refractivity contribution in [2.45, 2.75) is 44.7 Å². The minimum Gasteiger partial charge on any atom is -0.464 e. The van der Waals surface area contributed by atoms with Gasteiger partial charge in [-0.15, -0.1) is 0 Å². The van der Waals surface area contributed by atoms with Crippen LogP contribution >= 0.6 is 0 Å². The molecule has 3 nitrogen and oxygen atoms in total. The van der Waals surface area contributed by atoms with Crippen LogP contribution in [0.5, 0.6) is 0 Å². The van der Waals surface area contributed by atoms with Gasteiger partial charge in [-0.2, -0.15) is 0 Å². The summed E-state index contributed by atoms with van der Waals surface area (Å²) in [6.45, 7) is 5.53. The molecule has 0 spiro atoms. The van der Waals surface area contributed by atoms with Gasteiger partial charge in [0.1, 0.15) is 11.5 Å². The second-order valence-corrected chi connectivity index (χ2v) is 6.11. The zero-order valence-electron chi connectivity index (χ0n) is 11.5. The van der Waals surface area contributed by atoms with Gasteiger partial charge >= 0.3 is 0 Å². The first-order valence-electron chi connectivity index (χ1n) is 7.23. The lowest BCUT2D eigenvalue weighted by Crippen LogP contribution is -2.34. The van der Waals surface area contributed by atoms with Crippen molar-refractivity contribution in [2.75, 3.05) is 20.1 Å². The molecule has 0 aromatic carbocycles. The molecule has 1 aromatic rings. The number of nitrogens with zero attached hydrogens (tertiary/aromatic N) is 1. The molecule has 1 aliphatic carbocycles. The van der Waals surface area contributed by atoms with Gasteiger partial charge in [-0.1, -0.05) is 6.92 Å². The number of hydrogen-bond donors (Lipinski definition) is 1. The number of nitrogens with one attached hydrogen (secondary N) is 1. The van der Waals surface area contributed by atoms with Crippen LogP contribution in [0.25, 0.3) is 0 Å². The maximum Gasteiger partial charge on any atom is 0.118 e.